The predicted octanol–water partition coefficient (Wildman–Crippen LogP) is 5.44. The molecule has 6 rings (SSSR count). The molecule has 1 amide bonds. The molecular formula is C27H22N2O3. The van der Waals surface area contributed by atoms with Crippen LogP contribution in [0.25, 0.3) is 22.2 Å². The maximum absolute atomic E-state index is 13.5. The van der Waals surface area contributed by atoms with E-state index < -0.39 is 0 Å². The van der Waals surface area contributed by atoms with Crippen molar-refractivity contribution in [3.05, 3.63) is 89.5 Å². The molecular weight excluding hydrogens is 400 g/mol. The quantitative estimate of drug-likeness (QED) is 0.478. The first kappa shape index (κ1) is 18.9. The molecule has 32 heavy (non-hydrogen) atoms. The molecule has 1 N–H and O–H groups in total. The Labute approximate surface area is 186 Å². The van der Waals surface area contributed by atoms with Gasteiger partial charge < -0.3 is 14.8 Å². The minimum atomic E-state index is -0.0766. The number of rotatable bonds is 3. The Balaban J connectivity index is 1.40. The number of amides is 1. The van der Waals surface area contributed by atoms with E-state index in [4.69, 9.17) is 14.5 Å². The van der Waals surface area contributed by atoms with Crippen molar-refractivity contribution in [3.8, 4) is 22.8 Å². The van der Waals surface area contributed by atoms with Crippen molar-refractivity contribution in [2.75, 3.05) is 6.79 Å². The van der Waals surface area contributed by atoms with Crippen molar-refractivity contribution in [2.24, 2.45) is 0 Å². The van der Waals surface area contributed by atoms with Gasteiger partial charge in [0.05, 0.1) is 22.8 Å². The third-order valence-corrected chi connectivity index (χ3v) is 6.30. The first-order valence-corrected chi connectivity index (χ1v) is 10.9. The fourth-order valence-electron chi connectivity index (χ4n) is 4.71. The summed E-state index contributed by atoms with van der Waals surface area (Å²) in [7, 11) is 0. The Hall–Kier alpha value is -3.86. The van der Waals surface area contributed by atoms with Gasteiger partial charge in [-0.15, -0.1) is 0 Å². The number of carbonyl (C=O) groups is 1. The predicted molar refractivity (Wildman–Crippen MR) is 123 cm³/mol. The molecule has 1 atom stereocenters. The van der Waals surface area contributed by atoms with Gasteiger partial charge in [0.2, 0.25) is 6.79 Å². The van der Waals surface area contributed by atoms with Crippen LogP contribution in [0.2, 0.25) is 0 Å². The van der Waals surface area contributed by atoms with Crippen molar-refractivity contribution in [1.82, 2.24) is 10.3 Å². The number of nitrogens with one attached hydrogen (secondary N) is 1. The lowest BCUT2D eigenvalue weighted by Gasteiger charge is -2.26. The molecule has 4 aromatic rings. The molecule has 2 aliphatic rings. The van der Waals surface area contributed by atoms with Crippen LogP contribution >= 0.6 is 0 Å². The number of ether oxygens (including phenoxy) is 2. The third-order valence-electron chi connectivity index (χ3n) is 6.30. The van der Waals surface area contributed by atoms with E-state index in [1.165, 1.54) is 11.1 Å². The molecule has 0 fully saturated rings. The Morgan fingerprint density at radius 3 is 2.75 bits per heavy atom. The van der Waals surface area contributed by atoms with E-state index in [0.717, 1.165) is 47.2 Å². The molecule has 0 saturated carbocycles. The zero-order valence-corrected chi connectivity index (χ0v) is 17.5. The van der Waals surface area contributed by atoms with Gasteiger partial charge in [-0.05, 0) is 60.7 Å². The monoisotopic (exact) mass is 422 g/mol. The number of fused-ring (bicyclic) bond motifs is 3. The molecule has 0 unspecified atom stereocenters. The normalized spacial score (nSPS) is 16.6. The van der Waals surface area contributed by atoms with Crippen LogP contribution in [-0.4, -0.2) is 17.7 Å². The SMILES string of the molecule is O=C(N[C@H]1CCCc2ccccc21)c1cc(-c2ccc3c(c2)OCO3)nc2ccccc12. The highest BCUT2D eigenvalue weighted by Gasteiger charge is 2.23. The van der Waals surface area contributed by atoms with Crippen LogP contribution < -0.4 is 14.8 Å². The molecule has 5 heteroatoms. The largest absolute Gasteiger partial charge is 0.454 e. The van der Waals surface area contributed by atoms with Crippen molar-refractivity contribution in [1.29, 1.82) is 0 Å². The minimum Gasteiger partial charge on any atom is -0.454 e. The van der Waals surface area contributed by atoms with Crippen molar-refractivity contribution in [2.45, 2.75) is 25.3 Å². The summed E-state index contributed by atoms with van der Waals surface area (Å²) < 4.78 is 11.0. The first-order valence-electron chi connectivity index (χ1n) is 10.9. The maximum Gasteiger partial charge on any atom is 0.252 e. The average Bonchev–Trinajstić information content (AvgIpc) is 3.31. The Kier molecular flexibility index (Phi) is 4.53. The zero-order valence-electron chi connectivity index (χ0n) is 17.5. The van der Waals surface area contributed by atoms with Gasteiger partial charge in [-0.25, -0.2) is 4.98 Å². The van der Waals surface area contributed by atoms with E-state index in [0.29, 0.717) is 11.3 Å². The van der Waals surface area contributed by atoms with Crippen LogP contribution in [0.3, 0.4) is 0 Å². The molecule has 158 valence electrons. The van der Waals surface area contributed by atoms with Gasteiger partial charge in [-0.1, -0.05) is 42.5 Å². The maximum atomic E-state index is 13.5. The molecule has 1 aliphatic carbocycles. The summed E-state index contributed by atoms with van der Waals surface area (Å²) in [6.07, 6.45) is 3.08. The highest BCUT2D eigenvalue weighted by molar-refractivity contribution is 6.07. The van der Waals surface area contributed by atoms with Crippen LogP contribution in [-0.2, 0) is 6.42 Å². The number of benzene rings is 3. The first-order chi connectivity index (χ1) is 15.8. The van der Waals surface area contributed by atoms with Gasteiger partial charge in [0.25, 0.3) is 5.91 Å². The van der Waals surface area contributed by atoms with E-state index in [2.05, 4.69) is 23.5 Å². The Morgan fingerprint density at radius 1 is 0.938 bits per heavy atom. The average molecular weight is 422 g/mol. The van der Waals surface area contributed by atoms with Crippen LogP contribution in [0.15, 0.2) is 72.8 Å². The molecule has 3 aromatic carbocycles. The number of hydrogen-bond acceptors (Lipinski definition) is 4. The van der Waals surface area contributed by atoms with E-state index in [9.17, 15) is 4.79 Å². The summed E-state index contributed by atoms with van der Waals surface area (Å²) in [5.74, 6) is 1.35. The van der Waals surface area contributed by atoms with Crippen LogP contribution in [0.1, 0.15) is 40.4 Å². The summed E-state index contributed by atoms with van der Waals surface area (Å²) >= 11 is 0. The second-order valence-electron chi connectivity index (χ2n) is 8.26. The Bertz CT molecular complexity index is 1350. The molecule has 0 radical (unpaired) electrons. The molecule has 5 nitrogen and oxygen atoms in total. The van der Waals surface area contributed by atoms with Crippen LogP contribution in [0.4, 0.5) is 0 Å². The molecule has 1 aliphatic heterocycles. The van der Waals surface area contributed by atoms with Gasteiger partial charge in [0.1, 0.15) is 0 Å². The smallest absolute Gasteiger partial charge is 0.252 e. The van der Waals surface area contributed by atoms with Crippen molar-refractivity contribution in [3.63, 3.8) is 0 Å². The lowest BCUT2D eigenvalue weighted by atomic mass is 9.87. The molecule has 0 spiro atoms. The van der Waals surface area contributed by atoms with E-state index in [-0.39, 0.29) is 18.7 Å². The van der Waals surface area contributed by atoms with Crippen molar-refractivity contribution >= 4 is 16.8 Å². The fraction of sp³-hybridized carbons (Fsp3) is 0.185. The highest BCUT2D eigenvalue weighted by atomic mass is 16.7. The van der Waals surface area contributed by atoms with E-state index in [1.54, 1.807) is 0 Å². The van der Waals surface area contributed by atoms with E-state index in [1.807, 2.05) is 54.6 Å². The van der Waals surface area contributed by atoms with Gasteiger partial charge in [-0.3, -0.25) is 4.79 Å². The second-order valence-corrected chi connectivity index (χ2v) is 8.26. The number of nitrogens with zero attached hydrogens (tertiary/aromatic N) is 1. The lowest BCUT2D eigenvalue weighted by molar-refractivity contribution is 0.0934. The topological polar surface area (TPSA) is 60.5 Å². The number of hydrogen-bond donors (Lipinski definition) is 1. The Morgan fingerprint density at radius 2 is 1.78 bits per heavy atom. The zero-order chi connectivity index (χ0) is 21.5. The van der Waals surface area contributed by atoms with Crippen molar-refractivity contribution < 1.29 is 14.3 Å². The lowest BCUT2D eigenvalue weighted by Crippen LogP contribution is -2.31. The fourth-order valence-corrected chi connectivity index (χ4v) is 4.71. The second kappa shape index (κ2) is 7.68. The molecule has 2 heterocycles. The summed E-state index contributed by atoms with van der Waals surface area (Å²) in [4.78, 5) is 18.3. The molecule has 1 aromatic heterocycles. The van der Waals surface area contributed by atoms with Gasteiger partial charge >= 0.3 is 0 Å². The van der Waals surface area contributed by atoms with Gasteiger partial charge in [0, 0.05) is 10.9 Å². The highest BCUT2D eigenvalue weighted by Crippen LogP contribution is 2.36. The minimum absolute atomic E-state index is 0.0216. The summed E-state index contributed by atoms with van der Waals surface area (Å²) in [5.41, 5.74) is 5.59. The summed E-state index contributed by atoms with van der Waals surface area (Å²) in [5, 5.41) is 4.14. The standard InChI is InChI=1S/C27H22N2O3/c30-27(29-22-11-5-7-17-6-1-2-8-19(17)22)21-15-24(28-23-10-4-3-9-20(21)23)18-12-13-25-26(14-18)32-16-31-25/h1-4,6,8-10,12-15,22H,5,7,11,16H2,(H,29,30)/t22-/m0/s1. The third kappa shape index (κ3) is 3.26. The number of pyridine rings is 1. The summed E-state index contributed by atoms with van der Waals surface area (Å²) in [6.45, 7) is 0.223. The number of carbonyl (C=O) groups excluding carboxylic acids is 1. The number of aromatic nitrogens is 1. The van der Waals surface area contributed by atoms with Crippen LogP contribution in [0.5, 0.6) is 11.5 Å². The van der Waals surface area contributed by atoms with E-state index >= 15 is 0 Å². The molecule has 0 bridgehead atoms. The number of para-hydroxylation sites is 1. The number of aryl methyl sites for hydroxylation is 1. The summed E-state index contributed by atoms with van der Waals surface area (Å²) in [6, 6.07) is 23.8. The van der Waals surface area contributed by atoms with Gasteiger partial charge in [0.15, 0.2) is 11.5 Å². The molecule has 0 saturated heterocycles. The van der Waals surface area contributed by atoms with Gasteiger partial charge in [-0.2, -0.15) is 0 Å². The van der Waals surface area contributed by atoms with Crippen LogP contribution in [0, 0.1) is 0 Å².